The summed E-state index contributed by atoms with van der Waals surface area (Å²) in [6.07, 6.45) is 1.67. The van der Waals surface area contributed by atoms with Crippen LogP contribution in [0.15, 0.2) is 36.5 Å². The Morgan fingerprint density at radius 1 is 1.29 bits per heavy atom. The summed E-state index contributed by atoms with van der Waals surface area (Å²) in [6.45, 7) is 6.86. The molecule has 6 heteroatoms. The molecule has 0 aliphatic rings. The number of hydrogen-bond acceptors (Lipinski definition) is 5. The van der Waals surface area contributed by atoms with Gasteiger partial charge in [0.2, 0.25) is 0 Å². The molecular formula is C15H18N4O2. The molecule has 0 radical (unpaired) electrons. The van der Waals surface area contributed by atoms with Crippen LogP contribution in [0.4, 0.5) is 5.69 Å². The summed E-state index contributed by atoms with van der Waals surface area (Å²) in [4.78, 5) is 19.0. The molecule has 2 rings (SSSR count). The van der Waals surface area contributed by atoms with Crippen molar-refractivity contribution in [2.45, 2.75) is 32.9 Å². The van der Waals surface area contributed by atoms with Crippen LogP contribution < -0.4 is 5.32 Å². The normalized spacial score (nSPS) is 11.4. The first-order valence-electron chi connectivity index (χ1n) is 6.67. The molecule has 1 aromatic carbocycles. The van der Waals surface area contributed by atoms with Crippen LogP contribution >= 0.6 is 0 Å². The van der Waals surface area contributed by atoms with Gasteiger partial charge in [0.1, 0.15) is 0 Å². The molecule has 2 aromatic rings. The molecule has 0 aliphatic carbocycles. The molecule has 0 aliphatic heterocycles. The highest BCUT2D eigenvalue weighted by molar-refractivity contribution is 5.58. The maximum Gasteiger partial charge on any atom is 0.270 e. The Labute approximate surface area is 123 Å². The minimum absolute atomic E-state index is 0.00333. The number of nitro benzene ring substituents is 1. The number of benzene rings is 1. The van der Waals surface area contributed by atoms with Gasteiger partial charge in [0.05, 0.1) is 10.6 Å². The van der Waals surface area contributed by atoms with E-state index in [1.807, 2.05) is 6.07 Å². The number of nitrogens with zero attached hydrogens (tertiary/aromatic N) is 3. The summed E-state index contributed by atoms with van der Waals surface area (Å²) in [7, 11) is 0. The van der Waals surface area contributed by atoms with Crippen LogP contribution in [0.25, 0.3) is 11.4 Å². The predicted molar refractivity (Wildman–Crippen MR) is 80.7 cm³/mol. The molecule has 6 nitrogen and oxygen atoms in total. The van der Waals surface area contributed by atoms with E-state index in [0.717, 1.165) is 5.69 Å². The first kappa shape index (κ1) is 15.1. The van der Waals surface area contributed by atoms with Gasteiger partial charge in [-0.25, -0.2) is 9.97 Å². The molecule has 1 aromatic heterocycles. The van der Waals surface area contributed by atoms with Gasteiger partial charge >= 0.3 is 0 Å². The number of rotatable bonds is 4. The predicted octanol–water partition coefficient (Wildman–Crippen LogP) is 2.94. The van der Waals surface area contributed by atoms with Gasteiger partial charge in [0.25, 0.3) is 5.69 Å². The maximum atomic E-state index is 10.8. The van der Waals surface area contributed by atoms with Crippen LogP contribution in [0.5, 0.6) is 0 Å². The second-order valence-corrected chi connectivity index (χ2v) is 5.78. The SMILES string of the molecule is CC(C)(C)NCc1ccnc(-c2cccc([N+](=O)[O-])c2)n1. The van der Waals surface area contributed by atoms with Crippen molar-refractivity contribution in [1.29, 1.82) is 0 Å². The molecular weight excluding hydrogens is 268 g/mol. The Hall–Kier alpha value is -2.34. The Morgan fingerprint density at radius 2 is 2.05 bits per heavy atom. The number of non-ortho nitro benzene ring substituents is 1. The Bertz CT molecular complexity index is 650. The molecule has 0 amide bonds. The fourth-order valence-electron chi connectivity index (χ4n) is 1.75. The van der Waals surface area contributed by atoms with Crippen LogP contribution in [0.2, 0.25) is 0 Å². The van der Waals surface area contributed by atoms with Gasteiger partial charge in [-0.3, -0.25) is 10.1 Å². The fourth-order valence-corrected chi connectivity index (χ4v) is 1.75. The highest BCUT2D eigenvalue weighted by atomic mass is 16.6. The summed E-state index contributed by atoms with van der Waals surface area (Å²) in [5.41, 5.74) is 1.52. The lowest BCUT2D eigenvalue weighted by Gasteiger charge is -2.20. The summed E-state index contributed by atoms with van der Waals surface area (Å²) >= 11 is 0. The van der Waals surface area contributed by atoms with Crippen LogP contribution in [-0.2, 0) is 6.54 Å². The summed E-state index contributed by atoms with van der Waals surface area (Å²) in [6, 6.07) is 8.17. The van der Waals surface area contributed by atoms with Gasteiger partial charge in [-0.1, -0.05) is 12.1 Å². The van der Waals surface area contributed by atoms with Crippen LogP contribution in [0, 0.1) is 10.1 Å². The van der Waals surface area contributed by atoms with Crippen molar-refractivity contribution in [2.75, 3.05) is 0 Å². The molecule has 21 heavy (non-hydrogen) atoms. The summed E-state index contributed by atoms with van der Waals surface area (Å²) < 4.78 is 0. The van der Waals surface area contributed by atoms with Crippen molar-refractivity contribution in [3.8, 4) is 11.4 Å². The second kappa shape index (κ2) is 5.97. The van der Waals surface area contributed by atoms with E-state index in [-0.39, 0.29) is 11.2 Å². The Morgan fingerprint density at radius 3 is 2.71 bits per heavy atom. The van der Waals surface area contributed by atoms with E-state index in [4.69, 9.17) is 0 Å². The molecule has 110 valence electrons. The minimum atomic E-state index is -0.422. The van der Waals surface area contributed by atoms with E-state index >= 15 is 0 Å². The number of aromatic nitrogens is 2. The van der Waals surface area contributed by atoms with E-state index < -0.39 is 4.92 Å². The standard InChI is InChI=1S/C15H18N4O2/c1-15(2,3)17-10-12-7-8-16-14(18-12)11-5-4-6-13(9-11)19(20)21/h4-9,17H,10H2,1-3H3. The maximum absolute atomic E-state index is 10.8. The Kier molecular flexibility index (Phi) is 4.28. The monoisotopic (exact) mass is 286 g/mol. The van der Waals surface area contributed by atoms with E-state index in [1.54, 1.807) is 18.3 Å². The zero-order chi connectivity index (χ0) is 15.5. The summed E-state index contributed by atoms with van der Waals surface area (Å²) in [5, 5.41) is 14.2. The van der Waals surface area contributed by atoms with Crippen molar-refractivity contribution >= 4 is 5.69 Å². The van der Waals surface area contributed by atoms with Crippen molar-refractivity contribution in [3.05, 3.63) is 52.3 Å². The smallest absolute Gasteiger partial charge is 0.270 e. The van der Waals surface area contributed by atoms with E-state index in [9.17, 15) is 10.1 Å². The van der Waals surface area contributed by atoms with Crippen molar-refractivity contribution in [1.82, 2.24) is 15.3 Å². The molecule has 0 fully saturated rings. The lowest BCUT2D eigenvalue weighted by Crippen LogP contribution is -2.35. The second-order valence-electron chi connectivity index (χ2n) is 5.78. The topological polar surface area (TPSA) is 81.0 Å². The highest BCUT2D eigenvalue weighted by Gasteiger charge is 2.11. The van der Waals surface area contributed by atoms with Gasteiger partial charge < -0.3 is 5.32 Å². The van der Waals surface area contributed by atoms with E-state index in [0.29, 0.717) is 17.9 Å². The van der Waals surface area contributed by atoms with Gasteiger partial charge in [-0.05, 0) is 26.8 Å². The average molecular weight is 286 g/mol. The Balaban J connectivity index is 2.25. The third kappa shape index (κ3) is 4.32. The van der Waals surface area contributed by atoms with Crippen molar-refractivity contribution in [3.63, 3.8) is 0 Å². The van der Waals surface area contributed by atoms with Crippen molar-refractivity contribution in [2.24, 2.45) is 0 Å². The number of hydrogen-bond donors (Lipinski definition) is 1. The van der Waals surface area contributed by atoms with E-state index in [2.05, 4.69) is 36.1 Å². The minimum Gasteiger partial charge on any atom is -0.306 e. The molecule has 0 saturated carbocycles. The lowest BCUT2D eigenvalue weighted by atomic mass is 10.1. The highest BCUT2D eigenvalue weighted by Crippen LogP contribution is 2.20. The molecule has 0 saturated heterocycles. The third-order valence-electron chi connectivity index (χ3n) is 2.83. The van der Waals surface area contributed by atoms with Gasteiger partial charge in [-0.15, -0.1) is 0 Å². The third-order valence-corrected chi connectivity index (χ3v) is 2.83. The van der Waals surface area contributed by atoms with Gasteiger partial charge in [0.15, 0.2) is 5.82 Å². The molecule has 1 N–H and O–H groups in total. The zero-order valence-electron chi connectivity index (χ0n) is 12.3. The number of nitro groups is 1. The van der Waals surface area contributed by atoms with Gasteiger partial charge in [0, 0.05) is 36.0 Å². The molecule has 0 bridgehead atoms. The first-order chi connectivity index (χ1) is 9.85. The fraction of sp³-hybridized carbons (Fsp3) is 0.333. The average Bonchev–Trinajstić information content (AvgIpc) is 2.45. The van der Waals surface area contributed by atoms with E-state index in [1.165, 1.54) is 12.1 Å². The van der Waals surface area contributed by atoms with Crippen molar-refractivity contribution < 1.29 is 4.92 Å². The van der Waals surface area contributed by atoms with Crippen LogP contribution in [-0.4, -0.2) is 20.4 Å². The molecule has 0 unspecified atom stereocenters. The molecule has 1 heterocycles. The molecule has 0 spiro atoms. The quantitative estimate of drug-likeness (QED) is 0.690. The molecule has 0 atom stereocenters. The zero-order valence-corrected chi connectivity index (χ0v) is 12.3. The van der Waals surface area contributed by atoms with Gasteiger partial charge in [-0.2, -0.15) is 0 Å². The van der Waals surface area contributed by atoms with Crippen LogP contribution in [0.3, 0.4) is 0 Å². The summed E-state index contributed by atoms with van der Waals surface area (Å²) in [5.74, 6) is 0.493. The largest absolute Gasteiger partial charge is 0.306 e. The van der Waals surface area contributed by atoms with Crippen LogP contribution in [0.1, 0.15) is 26.5 Å². The lowest BCUT2D eigenvalue weighted by molar-refractivity contribution is -0.384. The number of nitrogens with one attached hydrogen (secondary N) is 1. The first-order valence-corrected chi connectivity index (χ1v) is 6.67.